The van der Waals surface area contributed by atoms with Crippen LogP contribution >= 0.6 is 0 Å². The second-order valence-corrected chi connectivity index (χ2v) is 11.1. The number of fused-ring (bicyclic) bond motifs is 3. The first kappa shape index (κ1) is 25.1. The normalized spacial score (nSPS) is 11.3. The fraction of sp³-hybridized carbons (Fsp3) is 0. The van der Waals surface area contributed by atoms with E-state index in [2.05, 4.69) is 140 Å². The Morgan fingerprint density at radius 2 is 0.837 bits per heavy atom. The van der Waals surface area contributed by atoms with Crippen LogP contribution in [0, 0.1) is 0 Å². The fourth-order valence-electron chi connectivity index (χ4n) is 6.60. The maximum Gasteiger partial charge on any atom is 0.123 e. The first-order chi connectivity index (χ1) is 21.3. The monoisotopic (exact) mass is 548 g/mol. The van der Waals surface area contributed by atoms with Gasteiger partial charge in [0.1, 0.15) is 5.75 Å². The lowest BCUT2D eigenvalue weighted by Crippen LogP contribution is -1.92. The molecule has 0 saturated heterocycles. The fourth-order valence-corrected chi connectivity index (χ4v) is 6.60. The topological polar surface area (TPSA) is 20.2 Å². The SMILES string of the molecule is Oc1ccccc1-c1cccc(-c2cc(-c3c4ccccc4c(-c4ccccc4)c4ccccc34)c3ccccc3c2)c1. The van der Waals surface area contributed by atoms with Crippen LogP contribution in [0.25, 0.3) is 76.8 Å². The highest BCUT2D eigenvalue weighted by molar-refractivity contribution is 6.23. The molecule has 0 heterocycles. The first-order valence-electron chi connectivity index (χ1n) is 14.7. The average molecular weight is 549 g/mol. The van der Waals surface area contributed by atoms with Crippen LogP contribution in [-0.2, 0) is 0 Å². The molecule has 8 rings (SSSR count). The lowest BCUT2D eigenvalue weighted by molar-refractivity contribution is 0.477. The van der Waals surface area contributed by atoms with Gasteiger partial charge in [-0.1, -0.05) is 140 Å². The van der Waals surface area contributed by atoms with Gasteiger partial charge in [0, 0.05) is 5.56 Å². The van der Waals surface area contributed by atoms with Gasteiger partial charge in [-0.25, -0.2) is 0 Å². The van der Waals surface area contributed by atoms with E-state index in [-0.39, 0.29) is 5.75 Å². The molecule has 0 radical (unpaired) electrons. The summed E-state index contributed by atoms with van der Waals surface area (Å²) in [4.78, 5) is 0. The molecule has 0 fully saturated rings. The molecule has 8 aromatic carbocycles. The van der Waals surface area contributed by atoms with Crippen LogP contribution in [-0.4, -0.2) is 5.11 Å². The lowest BCUT2D eigenvalue weighted by atomic mass is 9.83. The van der Waals surface area contributed by atoms with E-state index >= 15 is 0 Å². The summed E-state index contributed by atoms with van der Waals surface area (Å²) in [6.07, 6.45) is 0. The highest BCUT2D eigenvalue weighted by Crippen LogP contribution is 2.46. The smallest absolute Gasteiger partial charge is 0.123 e. The van der Waals surface area contributed by atoms with E-state index in [1.54, 1.807) is 6.07 Å². The van der Waals surface area contributed by atoms with E-state index in [9.17, 15) is 5.11 Å². The summed E-state index contributed by atoms with van der Waals surface area (Å²) in [5.74, 6) is 0.287. The number of phenolic OH excluding ortho intramolecular Hbond substituents is 1. The lowest BCUT2D eigenvalue weighted by Gasteiger charge is -2.19. The van der Waals surface area contributed by atoms with Crippen molar-refractivity contribution in [2.75, 3.05) is 0 Å². The van der Waals surface area contributed by atoms with Crippen molar-refractivity contribution in [2.45, 2.75) is 0 Å². The Bertz CT molecular complexity index is 2240. The molecular formula is C42H28O. The summed E-state index contributed by atoms with van der Waals surface area (Å²) >= 11 is 0. The van der Waals surface area contributed by atoms with Gasteiger partial charge in [0.15, 0.2) is 0 Å². The molecule has 0 bridgehead atoms. The minimum Gasteiger partial charge on any atom is -0.507 e. The third-order valence-electron chi connectivity index (χ3n) is 8.54. The number of aromatic hydroxyl groups is 1. The Labute approximate surface area is 250 Å². The molecule has 202 valence electrons. The van der Waals surface area contributed by atoms with E-state index in [0.29, 0.717) is 0 Å². The molecule has 0 aliphatic carbocycles. The van der Waals surface area contributed by atoms with Gasteiger partial charge in [0.05, 0.1) is 0 Å². The molecule has 0 unspecified atom stereocenters. The van der Waals surface area contributed by atoms with Crippen molar-refractivity contribution in [3.63, 3.8) is 0 Å². The number of para-hydroxylation sites is 1. The molecule has 8 aromatic rings. The Hall–Kier alpha value is -5.66. The van der Waals surface area contributed by atoms with Gasteiger partial charge < -0.3 is 5.11 Å². The standard InChI is InChI=1S/C42H28O/c43-40-24-11-10-19-34(40)31-17-12-16-29(25-31)32-26-30-15-4-5-18-33(30)39(27-32)42-37-22-8-6-20-35(37)41(28-13-2-1-3-14-28)36-21-7-9-23-38(36)42/h1-27,43H. The van der Waals surface area contributed by atoms with Gasteiger partial charge >= 0.3 is 0 Å². The van der Waals surface area contributed by atoms with Crippen LogP contribution in [0.1, 0.15) is 0 Å². The van der Waals surface area contributed by atoms with Gasteiger partial charge in [-0.2, -0.15) is 0 Å². The Morgan fingerprint density at radius 1 is 0.302 bits per heavy atom. The molecule has 0 aliphatic heterocycles. The van der Waals surface area contributed by atoms with Crippen LogP contribution in [0.4, 0.5) is 0 Å². The van der Waals surface area contributed by atoms with Crippen LogP contribution in [0.2, 0.25) is 0 Å². The Kier molecular flexibility index (Phi) is 6.02. The van der Waals surface area contributed by atoms with Gasteiger partial charge in [0.2, 0.25) is 0 Å². The molecule has 0 amide bonds. The molecule has 43 heavy (non-hydrogen) atoms. The number of hydrogen-bond acceptors (Lipinski definition) is 1. The quantitative estimate of drug-likeness (QED) is 0.217. The maximum absolute atomic E-state index is 10.6. The predicted octanol–water partition coefficient (Wildman–Crippen LogP) is 11.5. The summed E-state index contributed by atoms with van der Waals surface area (Å²) in [6, 6.07) is 57.7. The zero-order chi connectivity index (χ0) is 28.8. The zero-order valence-electron chi connectivity index (χ0n) is 23.5. The minimum absolute atomic E-state index is 0.287. The second-order valence-electron chi connectivity index (χ2n) is 11.1. The number of benzene rings is 8. The van der Waals surface area contributed by atoms with Gasteiger partial charge in [-0.3, -0.25) is 0 Å². The zero-order valence-corrected chi connectivity index (χ0v) is 23.5. The largest absolute Gasteiger partial charge is 0.507 e. The molecule has 0 aromatic heterocycles. The van der Waals surface area contributed by atoms with Gasteiger partial charge in [-0.15, -0.1) is 0 Å². The summed E-state index contributed by atoms with van der Waals surface area (Å²) in [5.41, 5.74) is 9.04. The van der Waals surface area contributed by atoms with E-state index in [1.165, 1.54) is 54.6 Å². The molecule has 0 aliphatic rings. The van der Waals surface area contributed by atoms with E-state index in [0.717, 1.165) is 22.3 Å². The maximum atomic E-state index is 10.6. The van der Waals surface area contributed by atoms with Crippen LogP contribution in [0.3, 0.4) is 0 Å². The van der Waals surface area contributed by atoms with Crippen LogP contribution in [0.5, 0.6) is 5.75 Å². The highest BCUT2D eigenvalue weighted by atomic mass is 16.3. The van der Waals surface area contributed by atoms with Crippen molar-refractivity contribution < 1.29 is 5.11 Å². The Morgan fingerprint density at radius 3 is 1.53 bits per heavy atom. The average Bonchev–Trinajstić information content (AvgIpc) is 3.07. The molecular weight excluding hydrogens is 520 g/mol. The third kappa shape index (κ3) is 4.26. The molecule has 0 spiro atoms. The molecule has 1 N–H and O–H groups in total. The summed E-state index contributed by atoms with van der Waals surface area (Å²) in [5, 5.41) is 18.0. The molecule has 1 nitrogen and oxygen atoms in total. The van der Waals surface area contributed by atoms with Crippen LogP contribution < -0.4 is 0 Å². The highest BCUT2D eigenvalue weighted by Gasteiger charge is 2.18. The van der Waals surface area contributed by atoms with E-state index in [4.69, 9.17) is 0 Å². The van der Waals surface area contributed by atoms with Crippen molar-refractivity contribution in [3.8, 4) is 50.3 Å². The van der Waals surface area contributed by atoms with Crippen LogP contribution in [0.15, 0.2) is 164 Å². The summed E-state index contributed by atoms with van der Waals surface area (Å²) < 4.78 is 0. The van der Waals surface area contributed by atoms with Crippen molar-refractivity contribution in [3.05, 3.63) is 164 Å². The first-order valence-corrected chi connectivity index (χ1v) is 14.7. The minimum atomic E-state index is 0.287. The summed E-state index contributed by atoms with van der Waals surface area (Å²) in [7, 11) is 0. The van der Waals surface area contributed by atoms with Gasteiger partial charge in [-0.05, 0) is 95.5 Å². The van der Waals surface area contributed by atoms with E-state index in [1.807, 2.05) is 18.2 Å². The number of rotatable bonds is 4. The third-order valence-corrected chi connectivity index (χ3v) is 8.54. The molecule has 0 atom stereocenters. The van der Waals surface area contributed by atoms with Crippen molar-refractivity contribution >= 4 is 32.3 Å². The number of hydrogen-bond donors (Lipinski definition) is 1. The van der Waals surface area contributed by atoms with E-state index < -0.39 is 0 Å². The summed E-state index contributed by atoms with van der Waals surface area (Å²) in [6.45, 7) is 0. The Balaban J connectivity index is 1.45. The molecule has 0 saturated carbocycles. The number of phenols is 1. The predicted molar refractivity (Wildman–Crippen MR) is 182 cm³/mol. The second kappa shape index (κ2) is 10.3. The van der Waals surface area contributed by atoms with Gasteiger partial charge in [0.25, 0.3) is 0 Å². The van der Waals surface area contributed by atoms with Crippen molar-refractivity contribution in [2.24, 2.45) is 0 Å². The van der Waals surface area contributed by atoms with Crippen molar-refractivity contribution in [1.29, 1.82) is 0 Å². The van der Waals surface area contributed by atoms with Crippen molar-refractivity contribution in [1.82, 2.24) is 0 Å². The molecule has 1 heteroatoms.